The van der Waals surface area contributed by atoms with Gasteiger partial charge in [0, 0.05) is 46.1 Å². The van der Waals surface area contributed by atoms with Gasteiger partial charge in [0.2, 0.25) is 0 Å². The van der Waals surface area contributed by atoms with E-state index in [0.29, 0.717) is 0 Å². The van der Waals surface area contributed by atoms with E-state index in [1.54, 1.807) is 0 Å². The Bertz CT molecular complexity index is 689. The summed E-state index contributed by atoms with van der Waals surface area (Å²) in [5.41, 5.74) is 3.76. The molecule has 134 valence electrons. The minimum Gasteiger partial charge on any atom is -0.376 e. The van der Waals surface area contributed by atoms with Crippen LogP contribution in [0.15, 0.2) is 36.7 Å². The van der Waals surface area contributed by atoms with Crippen molar-refractivity contribution in [2.45, 2.75) is 32.4 Å². The van der Waals surface area contributed by atoms with Crippen molar-refractivity contribution in [3.63, 3.8) is 0 Å². The summed E-state index contributed by atoms with van der Waals surface area (Å²) in [5.74, 6) is 1.01. The Morgan fingerprint density at radius 1 is 1.24 bits per heavy atom. The molecule has 0 N–H and O–H groups in total. The summed E-state index contributed by atoms with van der Waals surface area (Å²) >= 11 is 0. The third kappa shape index (κ3) is 5.00. The van der Waals surface area contributed by atoms with Crippen LogP contribution in [0, 0.1) is 6.92 Å². The van der Waals surface area contributed by atoms with Gasteiger partial charge in [-0.2, -0.15) is 0 Å². The summed E-state index contributed by atoms with van der Waals surface area (Å²) < 4.78 is 5.99. The maximum absolute atomic E-state index is 5.99. The van der Waals surface area contributed by atoms with Gasteiger partial charge in [-0.15, -0.1) is 0 Å². The normalized spacial score (nSPS) is 18.3. The Hall–Kier alpha value is -1.98. The molecule has 0 amide bonds. The molecule has 1 unspecified atom stereocenters. The molecule has 0 spiro atoms. The van der Waals surface area contributed by atoms with Crippen molar-refractivity contribution in [1.29, 1.82) is 0 Å². The van der Waals surface area contributed by atoms with Crippen molar-refractivity contribution < 1.29 is 4.74 Å². The second-order valence-corrected chi connectivity index (χ2v) is 6.95. The van der Waals surface area contributed by atoms with Crippen LogP contribution < -0.4 is 4.90 Å². The molecule has 0 aromatic carbocycles. The van der Waals surface area contributed by atoms with E-state index < -0.39 is 0 Å². The fourth-order valence-corrected chi connectivity index (χ4v) is 3.18. The highest BCUT2D eigenvalue weighted by Gasteiger charge is 2.21. The summed E-state index contributed by atoms with van der Waals surface area (Å²) in [7, 11) is 4.04. The van der Waals surface area contributed by atoms with Crippen LogP contribution in [0.2, 0.25) is 0 Å². The SMILES string of the molecule is Cc1cccnc1CN1CCOC(CCc2ccnc(N(C)C)c2)C1. The molecule has 1 atom stereocenters. The summed E-state index contributed by atoms with van der Waals surface area (Å²) in [4.78, 5) is 13.4. The maximum atomic E-state index is 5.99. The minimum atomic E-state index is 0.286. The van der Waals surface area contributed by atoms with Crippen LogP contribution in [-0.4, -0.2) is 54.8 Å². The number of morpholine rings is 1. The number of hydrogen-bond donors (Lipinski definition) is 0. The predicted molar refractivity (Wildman–Crippen MR) is 101 cm³/mol. The Balaban J connectivity index is 1.53. The molecule has 3 rings (SSSR count). The average molecular weight is 340 g/mol. The summed E-state index contributed by atoms with van der Waals surface area (Å²) in [6.45, 7) is 5.79. The predicted octanol–water partition coefficient (Wildman–Crippen LogP) is 2.68. The van der Waals surface area contributed by atoms with Crippen LogP contribution in [0.4, 0.5) is 5.82 Å². The number of aromatic nitrogens is 2. The van der Waals surface area contributed by atoms with Crippen LogP contribution in [0.1, 0.15) is 23.2 Å². The molecule has 1 aliphatic rings. The molecule has 0 bridgehead atoms. The second-order valence-electron chi connectivity index (χ2n) is 6.95. The number of hydrogen-bond acceptors (Lipinski definition) is 5. The Labute approximate surface area is 150 Å². The fourth-order valence-electron chi connectivity index (χ4n) is 3.18. The lowest BCUT2D eigenvalue weighted by molar-refractivity contribution is -0.0349. The van der Waals surface area contributed by atoms with Gasteiger partial charge in [-0.25, -0.2) is 4.98 Å². The van der Waals surface area contributed by atoms with Gasteiger partial charge in [0.15, 0.2) is 0 Å². The molecule has 2 aromatic rings. The first-order valence-electron chi connectivity index (χ1n) is 8.98. The lowest BCUT2D eigenvalue weighted by Gasteiger charge is -2.33. The standard InChI is InChI=1S/C20H28N4O/c1-16-5-4-9-21-19(16)15-24-11-12-25-18(14-24)7-6-17-8-10-22-20(13-17)23(2)3/h4-5,8-10,13,18H,6-7,11-12,14-15H2,1-3H3. The second kappa shape index (κ2) is 8.41. The van der Waals surface area contributed by atoms with Gasteiger partial charge in [-0.05, 0) is 49.1 Å². The molecule has 1 fully saturated rings. The molecule has 3 heterocycles. The molecule has 1 saturated heterocycles. The van der Waals surface area contributed by atoms with E-state index in [1.165, 1.54) is 16.8 Å². The highest BCUT2D eigenvalue weighted by Crippen LogP contribution is 2.17. The van der Waals surface area contributed by atoms with Crippen molar-refractivity contribution in [2.75, 3.05) is 38.7 Å². The molecule has 5 heteroatoms. The van der Waals surface area contributed by atoms with Crippen molar-refractivity contribution in [3.05, 3.63) is 53.5 Å². The van der Waals surface area contributed by atoms with Crippen LogP contribution in [0.25, 0.3) is 0 Å². The zero-order chi connectivity index (χ0) is 17.6. The minimum absolute atomic E-state index is 0.286. The smallest absolute Gasteiger partial charge is 0.128 e. The number of anilines is 1. The first-order chi connectivity index (χ1) is 12.1. The van der Waals surface area contributed by atoms with Crippen molar-refractivity contribution in [3.8, 4) is 0 Å². The number of nitrogens with zero attached hydrogens (tertiary/aromatic N) is 4. The van der Waals surface area contributed by atoms with Gasteiger partial charge in [0.25, 0.3) is 0 Å². The third-order valence-corrected chi connectivity index (χ3v) is 4.74. The van der Waals surface area contributed by atoms with Crippen LogP contribution in [0.5, 0.6) is 0 Å². The van der Waals surface area contributed by atoms with Gasteiger partial charge in [-0.3, -0.25) is 9.88 Å². The Morgan fingerprint density at radius 3 is 2.92 bits per heavy atom. The molecular formula is C20H28N4O. The van der Waals surface area contributed by atoms with Crippen molar-refractivity contribution in [1.82, 2.24) is 14.9 Å². The van der Waals surface area contributed by atoms with Gasteiger partial charge >= 0.3 is 0 Å². The molecular weight excluding hydrogens is 312 g/mol. The highest BCUT2D eigenvalue weighted by molar-refractivity contribution is 5.39. The van der Waals surface area contributed by atoms with Crippen LogP contribution in [-0.2, 0) is 17.7 Å². The van der Waals surface area contributed by atoms with E-state index >= 15 is 0 Å². The number of pyridine rings is 2. The number of rotatable bonds is 6. The summed E-state index contributed by atoms with van der Waals surface area (Å²) in [6.07, 6.45) is 6.11. The monoisotopic (exact) mass is 340 g/mol. The molecule has 0 saturated carbocycles. The first kappa shape index (κ1) is 17.8. The van der Waals surface area contributed by atoms with Crippen LogP contribution >= 0.6 is 0 Å². The molecule has 0 aliphatic carbocycles. The summed E-state index contributed by atoms with van der Waals surface area (Å²) in [6, 6.07) is 8.40. The molecule has 25 heavy (non-hydrogen) atoms. The van der Waals surface area contributed by atoms with E-state index in [0.717, 1.165) is 44.9 Å². The van der Waals surface area contributed by atoms with E-state index in [1.807, 2.05) is 37.5 Å². The topological polar surface area (TPSA) is 41.5 Å². The Morgan fingerprint density at radius 2 is 2.12 bits per heavy atom. The van der Waals surface area contributed by atoms with Gasteiger partial charge in [0.1, 0.15) is 5.82 Å². The van der Waals surface area contributed by atoms with Crippen molar-refractivity contribution >= 4 is 5.82 Å². The Kier molecular flexibility index (Phi) is 6.00. The number of ether oxygens (including phenoxy) is 1. The van der Waals surface area contributed by atoms with E-state index in [9.17, 15) is 0 Å². The zero-order valence-corrected chi connectivity index (χ0v) is 15.5. The highest BCUT2D eigenvalue weighted by atomic mass is 16.5. The van der Waals surface area contributed by atoms with E-state index in [-0.39, 0.29) is 6.10 Å². The quantitative estimate of drug-likeness (QED) is 0.809. The van der Waals surface area contributed by atoms with E-state index in [2.05, 4.69) is 40.0 Å². The zero-order valence-electron chi connectivity index (χ0n) is 15.5. The first-order valence-corrected chi connectivity index (χ1v) is 8.98. The lowest BCUT2D eigenvalue weighted by Crippen LogP contribution is -2.42. The molecule has 1 aliphatic heterocycles. The molecule has 5 nitrogen and oxygen atoms in total. The third-order valence-electron chi connectivity index (χ3n) is 4.74. The van der Waals surface area contributed by atoms with Gasteiger partial charge in [-0.1, -0.05) is 6.07 Å². The molecule has 0 radical (unpaired) electrons. The number of aryl methyl sites for hydroxylation is 2. The summed E-state index contributed by atoms with van der Waals surface area (Å²) in [5, 5.41) is 0. The van der Waals surface area contributed by atoms with Gasteiger partial charge in [0.05, 0.1) is 18.4 Å². The maximum Gasteiger partial charge on any atom is 0.128 e. The van der Waals surface area contributed by atoms with Crippen LogP contribution in [0.3, 0.4) is 0 Å². The largest absolute Gasteiger partial charge is 0.376 e. The average Bonchev–Trinajstić information content (AvgIpc) is 2.62. The lowest BCUT2D eigenvalue weighted by atomic mass is 10.1. The fraction of sp³-hybridized carbons (Fsp3) is 0.500. The van der Waals surface area contributed by atoms with Crippen molar-refractivity contribution in [2.24, 2.45) is 0 Å². The van der Waals surface area contributed by atoms with Gasteiger partial charge < -0.3 is 9.64 Å². The molecule has 2 aromatic heterocycles. The van der Waals surface area contributed by atoms with E-state index in [4.69, 9.17) is 4.74 Å².